The van der Waals surface area contributed by atoms with Crippen molar-refractivity contribution < 1.29 is 22.7 Å². The summed E-state index contributed by atoms with van der Waals surface area (Å²) in [7, 11) is -3.23. The molecule has 0 aliphatic heterocycles. The third kappa shape index (κ3) is 3.55. The summed E-state index contributed by atoms with van der Waals surface area (Å²) >= 11 is 3.15. The fourth-order valence-corrected chi connectivity index (χ4v) is 4.14. The maximum atomic E-state index is 12.7. The van der Waals surface area contributed by atoms with Crippen LogP contribution in [-0.2, 0) is 14.8 Å². The highest BCUT2D eigenvalue weighted by atomic mass is 79.9. The van der Waals surface area contributed by atoms with Crippen molar-refractivity contribution >= 4 is 43.5 Å². The van der Waals surface area contributed by atoms with E-state index >= 15 is 0 Å². The quantitative estimate of drug-likeness (QED) is 0.598. The Kier molecular flexibility index (Phi) is 4.98. The van der Waals surface area contributed by atoms with Crippen molar-refractivity contribution in [2.24, 2.45) is 0 Å². The molecule has 2 aromatic heterocycles. The number of aromatic nitrogens is 3. The average Bonchev–Trinajstić information content (AvgIpc) is 3.10. The van der Waals surface area contributed by atoms with Crippen molar-refractivity contribution in [1.29, 1.82) is 0 Å². The molecule has 9 nitrogen and oxygen atoms in total. The van der Waals surface area contributed by atoms with E-state index in [0.29, 0.717) is 15.8 Å². The van der Waals surface area contributed by atoms with E-state index in [9.17, 15) is 18.0 Å². The van der Waals surface area contributed by atoms with E-state index in [1.165, 1.54) is 35.1 Å². The number of carbonyl (C=O) groups is 2. The minimum Gasteiger partial charge on any atom is -0.465 e. The highest BCUT2D eigenvalue weighted by Crippen LogP contribution is 2.22. The molecule has 0 aliphatic carbocycles. The van der Waals surface area contributed by atoms with E-state index in [0.717, 1.165) is 7.11 Å². The molecule has 0 saturated heterocycles. The standard InChI is InChI=1S/C16H13BrN4O5S/c1-9-12(8-18-14-5-6-19-21(9)14)15(22)20-27(24,25)13-7-10(17)3-4-11(13)16(23)26-2/h3-8H,1-2H3,(H,20,22). The number of aryl methyl sites for hydroxylation is 1. The molecule has 140 valence electrons. The second-order valence-electron chi connectivity index (χ2n) is 5.43. The molecule has 0 spiro atoms. The number of carbonyl (C=O) groups excluding carboxylic acids is 2. The molecule has 0 atom stereocenters. The van der Waals surface area contributed by atoms with Crippen LogP contribution in [0.3, 0.4) is 0 Å². The Morgan fingerprint density at radius 2 is 1.96 bits per heavy atom. The van der Waals surface area contributed by atoms with Crippen molar-refractivity contribution in [3.63, 3.8) is 0 Å². The van der Waals surface area contributed by atoms with Gasteiger partial charge in [0.05, 0.1) is 30.1 Å². The molecule has 3 aromatic rings. The maximum absolute atomic E-state index is 12.7. The van der Waals surface area contributed by atoms with Gasteiger partial charge in [-0.3, -0.25) is 4.79 Å². The molecule has 0 unspecified atom stereocenters. The van der Waals surface area contributed by atoms with Gasteiger partial charge in [-0.2, -0.15) is 5.10 Å². The molecule has 1 amide bonds. The number of nitrogens with zero attached hydrogens (tertiary/aromatic N) is 3. The SMILES string of the molecule is COC(=O)c1ccc(Br)cc1S(=O)(=O)NC(=O)c1cnc2ccnn2c1C. The molecule has 1 aromatic carbocycles. The van der Waals surface area contributed by atoms with E-state index < -0.39 is 21.9 Å². The number of ether oxygens (including phenoxy) is 1. The third-order valence-corrected chi connectivity index (χ3v) is 5.63. The molecular formula is C16H13BrN4O5S. The lowest BCUT2D eigenvalue weighted by Gasteiger charge is -2.12. The Bertz CT molecular complexity index is 1170. The van der Waals surface area contributed by atoms with Gasteiger partial charge >= 0.3 is 5.97 Å². The number of nitrogens with one attached hydrogen (secondary N) is 1. The number of esters is 1. The minimum atomic E-state index is -4.36. The Hall–Kier alpha value is -2.79. The van der Waals surface area contributed by atoms with Crippen LogP contribution in [-0.4, -0.2) is 42.0 Å². The first-order valence-electron chi connectivity index (χ1n) is 7.49. The van der Waals surface area contributed by atoms with E-state index in [-0.39, 0.29) is 16.0 Å². The lowest BCUT2D eigenvalue weighted by molar-refractivity contribution is 0.0596. The summed E-state index contributed by atoms with van der Waals surface area (Å²) in [5, 5.41) is 4.03. The van der Waals surface area contributed by atoms with Gasteiger partial charge in [0.1, 0.15) is 4.90 Å². The van der Waals surface area contributed by atoms with Crippen LogP contribution in [0.25, 0.3) is 5.65 Å². The van der Waals surface area contributed by atoms with E-state index in [1.807, 2.05) is 4.72 Å². The van der Waals surface area contributed by atoms with Gasteiger partial charge in [0, 0.05) is 16.7 Å². The van der Waals surface area contributed by atoms with Crippen LogP contribution in [0.4, 0.5) is 0 Å². The number of hydrogen-bond acceptors (Lipinski definition) is 7. The van der Waals surface area contributed by atoms with Gasteiger partial charge in [-0.1, -0.05) is 15.9 Å². The number of fused-ring (bicyclic) bond motifs is 1. The van der Waals surface area contributed by atoms with Gasteiger partial charge in [0.25, 0.3) is 15.9 Å². The highest BCUT2D eigenvalue weighted by Gasteiger charge is 2.27. The molecule has 0 fully saturated rings. The second-order valence-corrected chi connectivity index (χ2v) is 7.99. The largest absolute Gasteiger partial charge is 0.465 e. The number of methoxy groups -OCH3 is 1. The zero-order valence-corrected chi connectivity index (χ0v) is 16.5. The lowest BCUT2D eigenvalue weighted by Crippen LogP contribution is -2.32. The summed E-state index contributed by atoms with van der Waals surface area (Å²) in [4.78, 5) is 28.1. The number of benzene rings is 1. The zero-order valence-electron chi connectivity index (χ0n) is 14.1. The van der Waals surface area contributed by atoms with E-state index in [1.54, 1.807) is 13.0 Å². The summed E-state index contributed by atoms with van der Waals surface area (Å²) < 4.78 is 33.9. The van der Waals surface area contributed by atoms with E-state index in [4.69, 9.17) is 0 Å². The van der Waals surface area contributed by atoms with Crippen LogP contribution >= 0.6 is 15.9 Å². The van der Waals surface area contributed by atoms with Gasteiger partial charge in [-0.15, -0.1) is 0 Å². The molecule has 2 heterocycles. The molecule has 0 radical (unpaired) electrons. The number of halogens is 1. The summed E-state index contributed by atoms with van der Waals surface area (Å²) in [5.41, 5.74) is 0.773. The van der Waals surface area contributed by atoms with Crippen molar-refractivity contribution in [2.45, 2.75) is 11.8 Å². The van der Waals surface area contributed by atoms with Gasteiger partial charge in [-0.05, 0) is 25.1 Å². The molecule has 27 heavy (non-hydrogen) atoms. The first-order valence-corrected chi connectivity index (χ1v) is 9.76. The van der Waals surface area contributed by atoms with Crippen molar-refractivity contribution in [1.82, 2.24) is 19.3 Å². The van der Waals surface area contributed by atoms with Crippen LogP contribution in [0, 0.1) is 6.92 Å². The van der Waals surface area contributed by atoms with Gasteiger partial charge < -0.3 is 4.74 Å². The third-order valence-electron chi connectivity index (χ3n) is 3.77. The topological polar surface area (TPSA) is 120 Å². The fourth-order valence-electron chi connectivity index (χ4n) is 2.44. The molecular weight excluding hydrogens is 440 g/mol. The maximum Gasteiger partial charge on any atom is 0.339 e. The van der Waals surface area contributed by atoms with Crippen LogP contribution < -0.4 is 4.72 Å². The number of rotatable bonds is 4. The van der Waals surface area contributed by atoms with Crippen LogP contribution in [0.5, 0.6) is 0 Å². The normalized spacial score (nSPS) is 11.4. The summed E-state index contributed by atoms with van der Waals surface area (Å²) in [5.74, 6) is -1.74. The molecule has 0 aliphatic rings. The fraction of sp³-hybridized carbons (Fsp3) is 0.125. The van der Waals surface area contributed by atoms with Crippen molar-refractivity contribution in [3.05, 3.63) is 58.0 Å². The van der Waals surface area contributed by atoms with Gasteiger partial charge in [-0.25, -0.2) is 27.4 Å². The first-order chi connectivity index (χ1) is 12.7. The number of hydrogen-bond donors (Lipinski definition) is 1. The van der Waals surface area contributed by atoms with Gasteiger partial charge in [0.2, 0.25) is 0 Å². The Balaban J connectivity index is 2.01. The number of amides is 1. The first kappa shape index (κ1) is 19.0. The van der Waals surface area contributed by atoms with Crippen molar-refractivity contribution in [2.75, 3.05) is 7.11 Å². The minimum absolute atomic E-state index is 0.0318. The Morgan fingerprint density at radius 3 is 2.67 bits per heavy atom. The van der Waals surface area contributed by atoms with Crippen LogP contribution in [0.2, 0.25) is 0 Å². The molecule has 0 saturated carbocycles. The zero-order chi connectivity index (χ0) is 19.8. The predicted octanol–water partition coefficient (Wildman–Crippen LogP) is 1.71. The Labute approximate surface area is 162 Å². The van der Waals surface area contributed by atoms with Crippen LogP contribution in [0.1, 0.15) is 26.4 Å². The van der Waals surface area contributed by atoms with E-state index in [2.05, 4.69) is 30.7 Å². The monoisotopic (exact) mass is 452 g/mol. The summed E-state index contributed by atoms with van der Waals surface area (Å²) in [6.07, 6.45) is 2.78. The lowest BCUT2D eigenvalue weighted by atomic mass is 10.2. The highest BCUT2D eigenvalue weighted by molar-refractivity contribution is 9.10. The summed E-state index contributed by atoms with van der Waals surface area (Å²) in [6, 6.07) is 5.64. The average molecular weight is 453 g/mol. The summed E-state index contributed by atoms with van der Waals surface area (Å²) in [6.45, 7) is 1.61. The second kappa shape index (κ2) is 7.08. The predicted molar refractivity (Wildman–Crippen MR) is 97.9 cm³/mol. The van der Waals surface area contributed by atoms with Gasteiger partial charge in [0.15, 0.2) is 5.65 Å². The molecule has 0 bridgehead atoms. The number of sulfonamides is 1. The Morgan fingerprint density at radius 1 is 1.22 bits per heavy atom. The molecule has 1 N–H and O–H groups in total. The molecule has 11 heteroatoms. The molecule has 3 rings (SSSR count). The van der Waals surface area contributed by atoms with Crippen molar-refractivity contribution in [3.8, 4) is 0 Å². The smallest absolute Gasteiger partial charge is 0.339 e. The van der Waals surface area contributed by atoms with Crippen LogP contribution in [0.15, 0.2) is 46.0 Å².